The van der Waals surface area contributed by atoms with Crippen LogP contribution in [0.3, 0.4) is 0 Å². The first-order valence-corrected chi connectivity index (χ1v) is 3.97. The van der Waals surface area contributed by atoms with Crippen molar-refractivity contribution in [3.63, 3.8) is 0 Å². The van der Waals surface area contributed by atoms with Crippen LogP contribution in [0.1, 0.15) is 0 Å². The Morgan fingerprint density at radius 1 is 1.67 bits per heavy atom. The van der Waals surface area contributed by atoms with Crippen molar-refractivity contribution in [2.75, 3.05) is 0 Å². The summed E-state index contributed by atoms with van der Waals surface area (Å²) in [7, 11) is 0. The molecule has 0 saturated carbocycles. The number of hydrogen-bond donors (Lipinski definition) is 0. The highest BCUT2D eigenvalue weighted by molar-refractivity contribution is 9.24. The van der Waals surface area contributed by atoms with Gasteiger partial charge in [0, 0.05) is 6.07 Å². The van der Waals surface area contributed by atoms with Crippen molar-refractivity contribution in [3.05, 3.63) is 12.3 Å². The van der Waals surface area contributed by atoms with E-state index in [1.165, 1.54) is 6.26 Å². The molecule has 0 radical (unpaired) electrons. The molecule has 9 heavy (non-hydrogen) atoms. The van der Waals surface area contributed by atoms with Crippen LogP contribution in [0.15, 0.2) is 16.9 Å². The van der Waals surface area contributed by atoms with Gasteiger partial charge >= 0.3 is 0 Å². The minimum absolute atomic E-state index is 0.213. The standard InChI is InChI=1S/C4H3Br2NO2/c5-4(6)9-3-1-2-8-7-3/h1-2,4H. The molecule has 50 valence electrons. The van der Waals surface area contributed by atoms with E-state index in [0.717, 1.165) is 0 Å². The topological polar surface area (TPSA) is 35.3 Å². The van der Waals surface area contributed by atoms with Gasteiger partial charge in [-0.1, -0.05) is 0 Å². The van der Waals surface area contributed by atoms with Crippen molar-refractivity contribution in [3.8, 4) is 5.88 Å². The summed E-state index contributed by atoms with van der Waals surface area (Å²) in [6, 6.07) is 1.62. The zero-order valence-electron chi connectivity index (χ0n) is 4.25. The molecular formula is C4H3Br2NO2. The fourth-order valence-electron chi connectivity index (χ4n) is 0.354. The molecule has 3 nitrogen and oxygen atoms in total. The molecule has 0 spiro atoms. The first-order chi connectivity index (χ1) is 4.29. The Hall–Kier alpha value is -0.0300. The Kier molecular flexibility index (Phi) is 2.53. The van der Waals surface area contributed by atoms with Crippen LogP contribution in [0.5, 0.6) is 5.88 Å². The van der Waals surface area contributed by atoms with E-state index in [1.807, 2.05) is 0 Å². The second kappa shape index (κ2) is 3.22. The van der Waals surface area contributed by atoms with Gasteiger partial charge < -0.3 is 9.26 Å². The van der Waals surface area contributed by atoms with Crippen molar-refractivity contribution < 1.29 is 9.26 Å². The van der Waals surface area contributed by atoms with Crippen LogP contribution in [0, 0.1) is 0 Å². The molecule has 0 aliphatic carbocycles. The third-order valence-corrected chi connectivity index (χ3v) is 0.998. The predicted octanol–water partition coefficient (Wildman–Crippen LogP) is 2.13. The highest BCUT2D eigenvalue weighted by Gasteiger charge is 2.00. The molecule has 0 unspecified atom stereocenters. The van der Waals surface area contributed by atoms with Crippen LogP contribution in [-0.4, -0.2) is 9.08 Å². The lowest BCUT2D eigenvalue weighted by atomic mass is 10.7. The smallest absolute Gasteiger partial charge is 0.255 e. The third kappa shape index (κ3) is 2.36. The molecule has 0 saturated heterocycles. The summed E-state index contributed by atoms with van der Waals surface area (Å²) in [6.45, 7) is 0. The summed E-state index contributed by atoms with van der Waals surface area (Å²) in [4.78, 5) is 0. The predicted molar refractivity (Wildman–Crippen MR) is 38.8 cm³/mol. The van der Waals surface area contributed by atoms with Crippen LogP contribution in [0.4, 0.5) is 0 Å². The number of halogens is 2. The van der Waals surface area contributed by atoms with E-state index < -0.39 is 0 Å². The van der Waals surface area contributed by atoms with Crippen molar-refractivity contribution in [1.82, 2.24) is 5.16 Å². The van der Waals surface area contributed by atoms with Gasteiger partial charge in [0.15, 0.2) is 0 Å². The van der Waals surface area contributed by atoms with Crippen LogP contribution < -0.4 is 4.74 Å². The van der Waals surface area contributed by atoms with Crippen LogP contribution in [-0.2, 0) is 0 Å². The molecule has 0 aliphatic heterocycles. The van der Waals surface area contributed by atoms with Crippen LogP contribution in [0.2, 0.25) is 0 Å². The van der Waals surface area contributed by atoms with Gasteiger partial charge in [0.25, 0.3) is 5.88 Å². The average Bonchev–Trinajstić information content (AvgIpc) is 2.15. The minimum atomic E-state index is -0.213. The third-order valence-electron chi connectivity index (χ3n) is 0.624. The van der Waals surface area contributed by atoms with Gasteiger partial charge in [-0.15, -0.1) is 0 Å². The van der Waals surface area contributed by atoms with Gasteiger partial charge in [-0.3, -0.25) is 0 Å². The first-order valence-electron chi connectivity index (χ1n) is 2.14. The Labute approximate surface area is 68.6 Å². The zero-order valence-corrected chi connectivity index (χ0v) is 7.42. The lowest BCUT2D eigenvalue weighted by molar-refractivity contribution is 0.317. The number of hydrogen-bond acceptors (Lipinski definition) is 3. The summed E-state index contributed by atoms with van der Waals surface area (Å²) >= 11 is 6.22. The lowest BCUT2D eigenvalue weighted by Gasteiger charge is -1.98. The van der Waals surface area contributed by atoms with Crippen molar-refractivity contribution >= 4 is 31.9 Å². The molecule has 1 heterocycles. The Bertz CT molecular complexity index is 163. The largest absolute Gasteiger partial charge is 0.449 e. The van der Waals surface area contributed by atoms with E-state index in [1.54, 1.807) is 6.07 Å². The maximum atomic E-state index is 4.98. The fourth-order valence-corrected chi connectivity index (χ4v) is 0.737. The van der Waals surface area contributed by atoms with E-state index in [0.29, 0.717) is 5.88 Å². The second-order valence-electron chi connectivity index (χ2n) is 1.22. The Balaban J connectivity index is 2.48. The van der Waals surface area contributed by atoms with Crippen LogP contribution >= 0.6 is 31.9 Å². The molecule has 0 N–H and O–H groups in total. The lowest BCUT2D eigenvalue weighted by Crippen LogP contribution is -1.97. The van der Waals surface area contributed by atoms with Crippen molar-refractivity contribution in [2.24, 2.45) is 0 Å². The van der Waals surface area contributed by atoms with E-state index in [4.69, 9.17) is 4.74 Å². The molecule has 0 amide bonds. The molecule has 0 atom stereocenters. The Morgan fingerprint density at radius 2 is 2.44 bits per heavy atom. The van der Waals surface area contributed by atoms with Crippen LogP contribution in [0.25, 0.3) is 0 Å². The quantitative estimate of drug-likeness (QED) is 0.761. The number of aromatic nitrogens is 1. The SMILES string of the molecule is BrC(Br)Oc1ccon1. The maximum absolute atomic E-state index is 4.98. The normalized spacial score (nSPS) is 10.1. The molecule has 1 aromatic rings. The van der Waals surface area contributed by atoms with Gasteiger partial charge in [0.2, 0.25) is 3.92 Å². The zero-order chi connectivity index (χ0) is 6.69. The number of alkyl halides is 2. The van der Waals surface area contributed by atoms with Gasteiger partial charge in [-0.05, 0) is 37.0 Å². The minimum Gasteiger partial charge on any atom is -0.449 e. The molecule has 1 aromatic heterocycles. The van der Waals surface area contributed by atoms with E-state index in [-0.39, 0.29) is 3.92 Å². The monoisotopic (exact) mass is 255 g/mol. The molecule has 0 aromatic carbocycles. The molecular weight excluding hydrogens is 254 g/mol. The number of rotatable bonds is 2. The van der Waals surface area contributed by atoms with E-state index >= 15 is 0 Å². The number of ether oxygens (including phenoxy) is 1. The fraction of sp³-hybridized carbons (Fsp3) is 0.250. The first kappa shape index (κ1) is 7.08. The Morgan fingerprint density at radius 3 is 2.89 bits per heavy atom. The average molecular weight is 257 g/mol. The van der Waals surface area contributed by atoms with Gasteiger partial charge in [0.1, 0.15) is 6.26 Å². The van der Waals surface area contributed by atoms with E-state index in [2.05, 4.69) is 41.5 Å². The molecule has 0 fully saturated rings. The molecule has 0 bridgehead atoms. The summed E-state index contributed by atoms with van der Waals surface area (Å²) in [6.07, 6.45) is 1.44. The number of nitrogens with zero attached hydrogens (tertiary/aromatic N) is 1. The highest BCUT2D eigenvalue weighted by atomic mass is 79.9. The summed E-state index contributed by atoms with van der Waals surface area (Å²) < 4.78 is 9.27. The summed E-state index contributed by atoms with van der Waals surface area (Å²) in [5.74, 6) is 0.453. The second-order valence-corrected chi connectivity index (χ2v) is 4.11. The highest BCUT2D eigenvalue weighted by Crippen LogP contribution is 2.14. The molecule has 1 rings (SSSR count). The summed E-state index contributed by atoms with van der Waals surface area (Å²) in [5.41, 5.74) is 0. The van der Waals surface area contributed by atoms with Gasteiger partial charge in [-0.25, -0.2) is 0 Å². The summed E-state index contributed by atoms with van der Waals surface area (Å²) in [5, 5.41) is 3.50. The van der Waals surface area contributed by atoms with Gasteiger partial charge in [0.05, 0.1) is 0 Å². The van der Waals surface area contributed by atoms with Gasteiger partial charge in [-0.2, -0.15) is 0 Å². The van der Waals surface area contributed by atoms with Crippen molar-refractivity contribution in [1.29, 1.82) is 0 Å². The molecule has 0 aliphatic rings. The van der Waals surface area contributed by atoms with Crippen molar-refractivity contribution in [2.45, 2.75) is 3.92 Å². The van der Waals surface area contributed by atoms with E-state index in [9.17, 15) is 0 Å². The molecule has 5 heteroatoms. The maximum Gasteiger partial charge on any atom is 0.255 e.